The number of imidazole rings is 1. The Morgan fingerprint density at radius 1 is 1.20 bits per heavy atom. The summed E-state index contributed by atoms with van der Waals surface area (Å²) in [7, 11) is 0. The van der Waals surface area contributed by atoms with E-state index in [1.807, 2.05) is 0 Å². The van der Waals surface area contributed by atoms with Gasteiger partial charge in [-0.05, 0) is 64.5 Å². The molecule has 1 atom stereocenters. The van der Waals surface area contributed by atoms with Gasteiger partial charge in [-0.3, -0.25) is 0 Å². The molecule has 1 heterocycles. The first kappa shape index (κ1) is 13.8. The van der Waals surface area contributed by atoms with Crippen LogP contribution in [0, 0.1) is 8.34 Å². The SMILES string of the molecule is CC(Cn1c(=S)[nH]c2cc(I)ccc21)c1ccccc1. The standard InChI is InChI=1S/C16H15IN2S/c1-11(12-5-3-2-4-6-12)10-19-15-8-7-13(17)9-14(15)18-16(19)20/h2-9,11H,10H2,1H3,(H,18,20). The van der Waals surface area contributed by atoms with E-state index in [2.05, 4.69) is 87.6 Å². The van der Waals surface area contributed by atoms with Gasteiger partial charge in [-0.1, -0.05) is 37.3 Å². The van der Waals surface area contributed by atoms with Gasteiger partial charge in [-0.2, -0.15) is 0 Å². The van der Waals surface area contributed by atoms with Crippen LogP contribution < -0.4 is 0 Å². The molecule has 102 valence electrons. The summed E-state index contributed by atoms with van der Waals surface area (Å²) in [6, 6.07) is 17.0. The van der Waals surface area contributed by atoms with E-state index in [0.717, 1.165) is 16.8 Å². The Hall–Kier alpha value is -1.14. The quantitative estimate of drug-likeness (QED) is 0.484. The molecule has 1 N–H and O–H groups in total. The van der Waals surface area contributed by atoms with Crippen LogP contribution in [0.1, 0.15) is 18.4 Å². The number of nitrogens with zero attached hydrogens (tertiary/aromatic N) is 1. The molecule has 20 heavy (non-hydrogen) atoms. The van der Waals surface area contributed by atoms with E-state index in [1.54, 1.807) is 0 Å². The van der Waals surface area contributed by atoms with Gasteiger partial charge in [0.1, 0.15) is 0 Å². The van der Waals surface area contributed by atoms with Gasteiger partial charge >= 0.3 is 0 Å². The van der Waals surface area contributed by atoms with Crippen LogP contribution in [0.2, 0.25) is 0 Å². The summed E-state index contributed by atoms with van der Waals surface area (Å²) >= 11 is 7.79. The van der Waals surface area contributed by atoms with Crippen molar-refractivity contribution in [3.05, 3.63) is 62.4 Å². The molecule has 0 amide bonds. The smallest absolute Gasteiger partial charge is 0.178 e. The lowest BCUT2D eigenvalue weighted by Gasteiger charge is -2.13. The van der Waals surface area contributed by atoms with Crippen molar-refractivity contribution in [1.29, 1.82) is 0 Å². The van der Waals surface area contributed by atoms with Crippen molar-refractivity contribution in [2.24, 2.45) is 0 Å². The van der Waals surface area contributed by atoms with Crippen molar-refractivity contribution in [2.75, 3.05) is 0 Å². The Balaban J connectivity index is 1.99. The van der Waals surface area contributed by atoms with Crippen molar-refractivity contribution < 1.29 is 0 Å². The number of hydrogen-bond donors (Lipinski definition) is 1. The molecule has 1 aromatic heterocycles. The average Bonchev–Trinajstić information content (AvgIpc) is 2.75. The minimum absolute atomic E-state index is 0.432. The Bertz CT molecular complexity index is 789. The largest absolute Gasteiger partial charge is 0.331 e. The molecule has 0 bridgehead atoms. The molecule has 3 aromatic rings. The molecule has 0 saturated carbocycles. The third-order valence-corrected chi connectivity index (χ3v) is 4.55. The molecular formula is C16H15IN2S. The van der Waals surface area contributed by atoms with Gasteiger partial charge in [0.15, 0.2) is 4.77 Å². The highest BCUT2D eigenvalue weighted by Crippen LogP contribution is 2.22. The van der Waals surface area contributed by atoms with Crippen LogP contribution in [-0.2, 0) is 6.54 Å². The second-order valence-corrected chi connectivity index (χ2v) is 6.65. The molecule has 1 unspecified atom stereocenters. The van der Waals surface area contributed by atoms with E-state index >= 15 is 0 Å². The summed E-state index contributed by atoms with van der Waals surface area (Å²) in [4.78, 5) is 3.30. The minimum Gasteiger partial charge on any atom is -0.331 e. The first-order valence-corrected chi connectivity index (χ1v) is 8.07. The number of hydrogen-bond acceptors (Lipinski definition) is 1. The maximum absolute atomic E-state index is 5.47. The molecule has 0 aliphatic rings. The molecule has 0 aliphatic carbocycles. The van der Waals surface area contributed by atoms with Gasteiger partial charge < -0.3 is 9.55 Å². The van der Waals surface area contributed by atoms with Crippen LogP contribution in [-0.4, -0.2) is 9.55 Å². The zero-order valence-electron chi connectivity index (χ0n) is 11.1. The van der Waals surface area contributed by atoms with Gasteiger partial charge in [-0.15, -0.1) is 0 Å². The third kappa shape index (κ3) is 2.67. The van der Waals surface area contributed by atoms with Gasteiger partial charge in [0.25, 0.3) is 0 Å². The van der Waals surface area contributed by atoms with Crippen LogP contribution in [0.5, 0.6) is 0 Å². The van der Waals surface area contributed by atoms with Crippen LogP contribution in [0.4, 0.5) is 0 Å². The number of H-pyrrole nitrogens is 1. The second-order valence-electron chi connectivity index (χ2n) is 5.01. The predicted octanol–water partition coefficient (Wildman–Crippen LogP) is 5.11. The maximum atomic E-state index is 5.47. The van der Waals surface area contributed by atoms with Crippen molar-refractivity contribution in [1.82, 2.24) is 9.55 Å². The normalized spacial score (nSPS) is 12.7. The fourth-order valence-electron chi connectivity index (χ4n) is 2.48. The number of fused-ring (bicyclic) bond motifs is 1. The monoisotopic (exact) mass is 394 g/mol. The first-order chi connectivity index (χ1) is 9.65. The van der Waals surface area contributed by atoms with E-state index < -0.39 is 0 Å². The highest BCUT2D eigenvalue weighted by molar-refractivity contribution is 14.1. The topological polar surface area (TPSA) is 20.7 Å². The molecule has 0 radical (unpaired) electrons. The second kappa shape index (κ2) is 5.69. The zero-order chi connectivity index (χ0) is 14.1. The summed E-state index contributed by atoms with van der Waals surface area (Å²) in [6.07, 6.45) is 0. The summed E-state index contributed by atoms with van der Waals surface area (Å²) in [6.45, 7) is 3.13. The third-order valence-electron chi connectivity index (χ3n) is 3.56. The van der Waals surface area contributed by atoms with Gasteiger partial charge in [0.2, 0.25) is 0 Å². The first-order valence-electron chi connectivity index (χ1n) is 6.58. The van der Waals surface area contributed by atoms with E-state index in [4.69, 9.17) is 12.2 Å². The Kier molecular flexibility index (Phi) is 3.94. The zero-order valence-corrected chi connectivity index (χ0v) is 14.1. The molecular weight excluding hydrogens is 379 g/mol. The molecule has 0 saturated heterocycles. The molecule has 0 aliphatic heterocycles. The summed E-state index contributed by atoms with van der Waals surface area (Å²) in [5.74, 6) is 0.432. The van der Waals surface area contributed by atoms with E-state index in [9.17, 15) is 0 Å². The molecule has 0 fully saturated rings. The fourth-order valence-corrected chi connectivity index (χ4v) is 3.25. The van der Waals surface area contributed by atoms with E-state index in [0.29, 0.717) is 5.92 Å². The molecule has 2 aromatic carbocycles. The van der Waals surface area contributed by atoms with Gasteiger partial charge in [0, 0.05) is 10.1 Å². The van der Waals surface area contributed by atoms with Crippen molar-refractivity contribution in [2.45, 2.75) is 19.4 Å². The highest BCUT2D eigenvalue weighted by atomic mass is 127. The number of benzene rings is 2. The van der Waals surface area contributed by atoms with Crippen LogP contribution in [0.25, 0.3) is 11.0 Å². The maximum Gasteiger partial charge on any atom is 0.178 e. The minimum atomic E-state index is 0.432. The summed E-state index contributed by atoms with van der Waals surface area (Å²) in [5.41, 5.74) is 3.63. The predicted molar refractivity (Wildman–Crippen MR) is 94.7 cm³/mol. The van der Waals surface area contributed by atoms with Gasteiger partial charge in [-0.25, -0.2) is 0 Å². The van der Waals surface area contributed by atoms with Crippen LogP contribution in [0.3, 0.4) is 0 Å². The number of rotatable bonds is 3. The van der Waals surface area contributed by atoms with E-state index in [1.165, 1.54) is 14.7 Å². The van der Waals surface area contributed by atoms with Gasteiger partial charge in [0.05, 0.1) is 11.0 Å². The molecule has 4 heteroatoms. The van der Waals surface area contributed by atoms with Crippen LogP contribution in [0.15, 0.2) is 48.5 Å². The molecule has 2 nitrogen and oxygen atoms in total. The summed E-state index contributed by atoms with van der Waals surface area (Å²) < 4.78 is 4.21. The Morgan fingerprint density at radius 3 is 2.70 bits per heavy atom. The fraction of sp³-hybridized carbons (Fsp3) is 0.188. The van der Waals surface area contributed by atoms with Crippen molar-refractivity contribution in [3.8, 4) is 0 Å². The Labute approximate surface area is 137 Å². The lowest BCUT2D eigenvalue weighted by atomic mass is 10.0. The summed E-state index contributed by atoms with van der Waals surface area (Å²) in [5, 5.41) is 0. The number of aromatic nitrogens is 2. The lowest BCUT2D eigenvalue weighted by Crippen LogP contribution is -2.06. The van der Waals surface area contributed by atoms with Crippen molar-refractivity contribution >= 4 is 45.8 Å². The average molecular weight is 394 g/mol. The van der Waals surface area contributed by atoms with Crippen LogP contribution >= 0.6 is 34.8 Å². The Morgan fingerprint density at radius 2 is 1.95 bits per heavy atom. The highest BCUT2D eigenvalue weighted by Gasteiger charge is 2.10. The van der Waals surface area contributed by atoms with E-state index in [-0.39, 0.29) is 0 Å². The number of nitrogens with one attached hydrogen (secondary N) is 1. The molecule has 0 spiro atoms. The lowest BCUT2D eigenvalue weighted by molar-refractivity contribution is 0.605. The molecule has 3 rings (SSSR count). The van der Waals surface area contributed by atoms with Crippen molar-refractivity contribution in [3.63, 3.8) is 0 Å². The number of halogens is 1. The number of aromatic amines is 1.